The molecule has 5 nitrogen and oxygen atoms in total. The van der Waals surface area contributed by atoms with Gasteiger partial charge in [-0.2, -0.15) is 0 Å². The third-order valence-electron chi connectivity index (χ3n) is 4.10. The van der Waals surface area contributed by atoms with Crippen LogP contribution in [0.15, 0.2) is 52.4 Å². The summed E-state index contributed by atoms with van der Waals surface area (Å²) >= 11 is 1.11. The topological polar surface area (TPSA) is 64.0 Å². The fourth-order valence-corrected chi connectivity index (χ4v) is 3.50. The number of hydrogen-bond donors (Lipinski definition) is 1. The van der Waals surface area contributed by atoms with Crippen LogP contribution in [-0.4, -0.2) is 21.2 Å². The van der Waals surface area contributed by atoms with Crippen molar-refractivity contribution in [1.29, 1.82) is 0 Å². The van der Waals surface area contributed by atoms with Crippen LogP contribution in [0.1, 0.15) is 19.8 Å². The highest BCUT2D eigenvalue weighted by Gasteiger charge is 2.14. The van der Waals surface area contributed by atoms with Gasteiger partial charge < -0.3 is 5.32 Å². The first-order valence-corrected chi connectivity index (χ1v) is 9.85. The van der Waals surface area contributed by atoms with Crippen molar-refractivity contribution in [3.63, 3.8) is 0 Å². The van der Waals surface area contributed by atoms with Gasteiger partial charge in [-0.1, -0.05) is 37.2 Å². The van der Waals surface area contributed by atoms with Crippen LogP contribution in [0.25, 0.3) is 10.9 Å². The summed E-state index contributed by atoms with van der Waals surface area (Å²) in [7, 11) is 0. The highest BCUT2D eigenvalue weighted by Crippen LogP contribution is 2.20. The van der Waals surface area contributed by atoms with Crippen LogP contribution in [0.2, 0.25) is 0 Å². The SMILES string of the molecule is CCCCn1c(SCC(=O)Nc2ccc(F)cc2F)nc2ccccc2c1=O. The predicted octanol–water partition coefficient (Wildman–Crippen LogP) is 4.21. The summed E-state index contributed by atoms with van der Waals surface area (Å²) in [6.45, 7) is 2.53. The molecular formula is C20H19F2N3O2S. The zero-order valence-electron chi connectivity index (χ0n) is 15.2. The second kappa shape index (κ2) is 8.97. The second-order valence-corrected chi connectivity index (χ2v) is 7.13. The Morgan fingerprint density at radius 2 is 2.00 bits per heavy atom. The molecule has 146 valence electrons. The van der Waals surface area contributed by atoms with E-state index in [-0.39, 0.29) is 17.0 Å². The van der Waals surface area contributed by atoms with Crippen LogP contribution in [0.4, 0.5) is 14.5 Å². The molecule has 0 aliphatic carbocycles. The maximum Gasteiger partial charge on any atom is 0.262 e. The van der Waals surface area contributed by atoms with Gasteiger partial charge in [-0.15, -0.1) is 0 Å². The molecule has 0 saturated heterocycles. The maximum atomic E-state index is 13.7. The van der Waals surface area contributed by atoms with Crippen LogP contribution in [0.3, 0.4) is 0 Å². The fraction of sp³-hybridized carbons (Fsp3) is 0.250. The third kappa shape index (κ3) is 4.56. The Labute approximate surface area is 164 Å². The van der Waals surface area contributed by atoms with Crippen molar-refractivity contribution in [3.05, 3.63) is 64.5 Å². The van der Waals surface area contributed by atoms with E-state index in [1.165, 1.54) is 6.07 Å². The number of unbranched alkanes of at least 4 members (excludes halogenated alkanes) is 1. The highest BCUT2D eigenvalue weighted by molar-refractivity contribution is 7.99. The van der Waals surface area contributed by atoms with Crippen molar-refractivity contribution in [2.75, 3.05) is 11.1 Å². The van der Waals surface area contributed by atoms with Gasteiger partial charge in [0.05, 0.1) is 22.3 Å². The molecule has 0 aliphatic rings. The molecule has 0 unspecified atom stereocenters. The van der Waals surface area contributed by atoms with Crippen LogP contribution in [-0.2, 0) is 11.3 Å². The lowest BCUT2D eigenvalue weighted by molar-refractivity contribution is -0.113. The number of halogens is 2. The zero-order valence-corrected chi connectivity index (χ0v) is 16.1. The molecule has 0 atom stereocenters. The van der Waals surface area contributed by atoms with Gasteiger partial charge >= 0.3 is 0 Å². The van der Waals surface area contributed by atoms with Gasteiger partial charge in [0.1, 0.15) is 11.6 Å². The molecule has 0 radical (unpaired) electrons. The number of nitrogens with zero attached hydrogens (tertiary/aromatic N) is 2. The van der Waals surface area contributed by atoms with Gasteiger partial charge in [0, 0.05) is 12.6 Å². The van der Waals surface area contributed by atoms with Gasteiger partial charge in [0.2, 0.25) is 5.91 Å². The number of anilines is 1. The number of rotatable bonds is 7. The van der Waals surface area contributed by atoms with E-state index in [1.807, 2.05) is 6.92 Å². The van der Waals surface area contributed by atoms with E-state index in [4.69, 9.17) is 0 Å². The van der Waals surface area contributed by atoms with Gasteiger partial charge in [-0.25, -0.2) is 13.8 Å². The lowest BCUT2D eigenvalue weighted by atomic mass is 10.2. The number of hydrogen-bond acceptors (Lipinski definition) is 4. The Balaban J connectivity index is 1.80. The molecule has 3 rings (SSSR count). The molecular weight excluding hydrogens is 384 g/mol. The van der Waals surface area contributed by atoms with Gasteiger partial charge in [-0.05, 0) is 30.7 Å². The van der Waals surface area contributed by atoms with E-state index in [0.717, 1.165) is 30.7 Å². The average molecular weight is 403 g/mol. The van der Waals surface area contributed by atoms with E-state index in [0.29, 0.717) is 28.7 Å². The molecule has 1 heterocycles. The van der Waals surface area contributed by atoms with Crippen LogP contribution >= 0.6 is 11.8 Å². The van der Waals surface area contributed by atoms with Crippen molar-refractivity contribution in [2.24, 2.45) is 0 Å². The minimum absolute atomic E-state index is 0.0618. The number of fused-ring (bicyclic) bond motifs is 1. The molecule has 8 heteroatoms. The summed E-state index contributed by atoms with van der Waals surface area (Å²) in [6, 6.07) is 10.00. The second-order valence-electron chi connectivity index (χ2n) is 6.18. The normalized spacial score (nSPS) is 11.0. The molecule has 1 N–H and O–H groups in total. The van der Waals surface area contributed by atoms with E-state index in [2.05, 4.69) is 10.3 Å². The van der Waals surface area contributed by atoms with Crippen molar-refractivity contribution < 1.29 is 13.6 Å². The van der Waals surface area contributed by atoms with E-state index >= 15 is 0 Å². The first-order chi connectivity index (χ1) is 13.5. The van der Waals surface area contributed by atoms with Crippen molar-refractivity contribution >= 4 is 34.3 Å². The number of amides is 1. The number of benzene rings is 2. The summed E-state index contributed by atoms with van der Waals surface area (Å²) in [5, 5.41) is 3.37. The summed E-state index contributed by atoms with van der Waals surface area (Å²) < 4.78 is 28.2. The Hall–Kier alpha value is -2.74. The molecule has 1 amide bonds. The molecule has 0 saturated carbocycles. The van der Waals surface area contributed by atoms with Crippen LogP contribution in [0.5, 0.6) is 0 Å². The van der Waals surface area contributed by atoms with Gasteiger partial charge in [0.15, 0.2) is 5.16 Å². The van der Waals surface area contributed by atoms with E-state index < -0.39 is 17.5 Å². The molecule has 0 bridgehead atoms. The molecule has 0 aliphatic heterocycles. The number of aromatic nitrogens is 2. The van der Waals surface area contributed by atoms with Crippen molar-refractivity contribution in [3.8, 4) is 0 Å². The van der Waals surface area contributed by atoms with E-state index in [1.54, 1.807) is 28.8 Å². The minimum atomic E-state index is -0.845. The summed E-state index contributed by atoms with van der Waals surface area (Å²) in [6.07, 6.45) is 1.72. The fourth-order valence-electron chi connectivity index (χ4n) is 2.68. The smallest absolute Gasteiger partial charge is 0.262 e. The molecule has 3 aromatic rings. The van der Waals surface area contributed by atoms with Gasteiger partial charge in [0.25, 0.3) is 5.56 Å². The standard InChI is InChI=1S/C20H19F2N3O2S/c1-2-3-10-25-19(27)14-6-4-5-7-16(14)24-20(25)28-12-18(26)23-17-9-8-13(21)11-15(17)22/h4-9,11H,2-3,10,12H2,1H3,(H,23,26). The Morgan fingerprint density at radius 1 is 1.21 bits per heavy atom. The molecule has 28 heavy (non-hydrogen) atoms. The lowest BCUT2D eigenvalue weighted by Crippen LogP contribution is -2.24. The third-order valence-corrected chi connectivity index (χ3v) is 5.08. The first kappa shape index (κ1) is 20.0. The van der Waals surface area contributed by atoms with Gasteiger partial charge in [-0.3, -0.25) is 14.2 Å². The quantitative estimate of drug-likeness (QED) is 0.474. The molecule has 2 aromatic carbocycles. The monoisotopic (exact) mass is 403 g/mol. The number of carbonyl (C=O) groups excluding carboxylic acids is 1. The van der Waals surface area contributed by atoms with Crippen molar-refractivity contribution in [1.82, 2.24) is 9.55 Å². The average Bonchev–Trinajstić information content (AvgIpc) is 2.68. The largest absolute Gasteiger partial charge is 0.323 e. The number of carbonyl (C=O) groups is 1. The van der Waals surface area contributed by atoms with Crippen molar-refractivity contribution in [2.45, 2.75) is 31.5 Å². The predicted molar refractivity (Wildman–Crippen MR) is 107 cm³/mol. The van der Waals surface area contributed by atoms with Crippen LogP contribution in [0, 0.1) is 11.6 Å². The summed E-state index contributed by atoms with van der Waals surface area (Å²) in [5.74, 6) is -2.10. The van der Waals surface area contributed by atoms with E-state index in [9.17, 15) is 18.4 Å². The number of nitrogens with one attached hydrogen (secondary N) is 1. The summed E-state index contributed by atoms with van der Waals surface area (Å²) in [4.78, 5) is 29.5. The first-order valence-electron chi connectivity index (χ1n) is 8.87. The lowest BCUT2D eigenvalue weighted by Gasteiger charge is -2.13. The highest BCUT2D eigenvalue weighted by atomic mass is 32.2. The number of thioether (sulfide) groups is 1. The molecule has 0 spiro atoms. The number of para-hydroxylation sites is 1. The Bertz CT molecular complexity index is 1070. The maximum absolute atomic E-state index is 13.7. The minimum Gasteiger partial charge on any atom is -0.323 e. The summed E-state index contributed by atoms with van der Waals surface area (Å²) in [5.41, 5.74) is 0.320. The molecule has 1 aromatic heterocycles. The zero-order chi connectivity index (χ0) is 20.1. The van der Waals surface area contributed by atoms with Crippen LogP contribution < -0.4 is 10.9 Å². The molecule has 0 fully saturated rings. The Kier molecular flexibility index (Phi) is 6.41. The Morgan fingerprint density at radius 3 is 2.75 bits per heavy atom.